The average molecular weight is 313 g/mol. The lowest BCUT2D eigenvalue weighted by molar-refractivity contribution is 0.178. The van der Waals surface area contributed by atoms with Crippen LogP contribution in [0, 0.1) is 0 Å². The monoisotopic (exact) mass is 312 g/mol. The molecule has 2 rings (SSSR count). The van der Waals surface area contributed by atoms with Crippen LogP contribution in [-0.4, -0.2) is 26.5 Å². The smallest absolute Gasteiger partial charge is 0.0946 e. The van der Waals surface area contributed by atoms with Crippen LogP contribution in [0.25, 0.3) is 0 Å². The molecule has 5 heteroatoms. The third-order valence-electron chi connectivity index (χ3n) is 2.22. The quantitative estimate of drug-likeness (QED) is 0.863. The minimum absolute atomic E-state index is 0.367. The van der Waals surface area contributed by atoms with Gasteiger partial charge in [-0.1, -0.05) is 22.0 Å². The van der Waals surface area contributed by atoms with Crippen LogP contribution in [0.1, 0.15) is 0 Å². The third-order valence-corrected chi connectivity index (χ3v) is 3.85. The normalized spacial score (nSPS) is 12.6. The number of imidazole rings is 1. The van der Waals surface area contributed by atoms with Gasteiger partial charge >= 0.3 is 0 Å². The summed E-state index contributed by atoms with van der Waals surface area (Å²) in [6.45, 7) is 0.584. The van der Waals surface area contributed by atoms with Gasteiger partial charge in [-0.25, -0.2) is 4.98 Å². The number of thioether (sulfide) groups is 1. The highest BCUT2D eigenvalue weighted by Crippen LogP contribution is 2.22. The maximum absolute atomic E-state index is 9.87. The summed E-state index contributed by atoms with van der Waals surface area (Å²) >= 11 is 5.08. The number of nitrogens with zero attached hydrogens (tertiary/aromatic N) is 2. The molecule has 17 heavy (non-hydrogen) atoms. The second kappa shape index (κ2) is 6.23. The van der Waals surface area contributed by atoms with Crippen molar-refractivity contribution in [3.8, 4) is 0 Å². The van der Waals surface area contributed by atoms with Crippen molar-refractivity contribution in [2.24, 2.45) is 0 Å². The molecule has 0 saturated carbocycles. The number of aromatic nitrogens is 2. The molecule has 0 aliphatic rings. The Bertz CT molecular complexity index is 461. The Morgan fingerprint density at radius 3 is 3.06 bits per heavy atom. The molecule has 1 unspecified atom stereocenters. The minimum atomic E-state index is -0.367. The zero-order valence-electron chi connectivity index (χ0n) is 9.16. The lowest BCUT2D eigenvalue weighted by Crippen LogP contribution is -2.17. The molecule has 0 aliphatic carbocycles. The summed E-state index contributed by atoms with van der Waals surface area (Å²) in [6, 6.07) is 8.08. The van der Waals surface area contributed by atoms with E-state index in [1.807, 2.05) is 29.0 Å². The van der Waals surface area contributed by atoms with Crippen molar-refractivity contribution in [1.29, 1.82) is 0 Å². The molecule has 0 spiro atoms. The van der Waals surface area contributed by atoms with Gasteiger partial charge in [0.2, 0.25) is 0 Å². The molecule has 1 heterocycles. The van der Waals surface area contributed by atoms with Crippen molar-refractivity contribution in [2.75, 3.05) is 5.75 Å². The second-order valence-corrected chi connectivity index (χ2v) is 5.69. The van der Waals surface area contributed by atoms with Gasteiger partial charge in [-0.05, 0) is 18.2 Å². The van der Waals surface area contributed by atoms with Crippen molar-refractivity contribution in [3.63, 3.8) is 0 Å². The summed E-state index contributed by atoms with van der Waals surface area (Å²) in [4.78, 5) is 5.10. The van der Waals surface area contributed by atoms with E-state index in [2.05, 4.69) is 27.0 Å². The fourth-order valence-corrected chi connectivity index (χ4v) is 2.87. The van der Waals surface area contributed by atoms with E-state index < -0.39 is 0 Å². The van der Waals surface area contributed by atoms with Crippen LogP contribution in [0.15, 0.2) is 52.4 Å². The van der Waals surface area contributed by atoms with Crippen molar-refractivity contribution in [2.45, 2.75) is 17.5 Å². The van der Waals surface area contributed by atoms with Crippen LogP contribution >= 0.6 is 27.7 Å². The summed E-state index contributed by atoms with van der Waals surface area (Å²) in [5, 5.41) is 9.87. The number of aliphatic hydroxyl groups is 1. The molecular weight excluding hydrogens is 300 g/mol. The van der Waals surface area contributed by atoms with E-state index in [1.165, 1.54) is 0 Å². The first-order valence-corrected chi connectivity index (χ1v) is 7.04. The summed E-state index contributed by atoms with van der Waals surface area (Å²) in [7, 11) is 0. The lowest BCUT2D eigenvalue weighted by Gasteiger charge is -2.10. The molecule has 1 aromatic heterocycles. The highest BCUT2D eigenvalue weighted by Gasteiger charge is 2.06. The summed E-state index contributed by atoms with van der Waals surface area (Å²) in [5.74, 6) is 0.675. The van der Waals surface area contributed by atoms with Crippen LogP contribution in [0.4, 0.5) is 0 Å². The molecule has 0 radical (unpaired) electrons. The van der Waals surface area contributed by atoms with E-state index >= 15 is 0 Å². The standard InChI is InChI=1S/C12H13BrN2OS/c13-10-2-1-3-12(6-10)17-8-11(16)7-15-5-4-14-9-15/h1-6,9,11,16H,7-8H2. The van der Waals surface area contributed by atoms with Crippen LogP contribution in [0.2, 0.25) is 0 Å². The fourth-order valence-electron chi connectivity index (χ4n) is 1.44. The first kappa shape index (κ1) is 12.7. The Labute approximate surface area is 113 Å². The van der Waals surface area contributed by atoms with Gasteiger partial charge in [0.25, 0.3) is 0 Å². The highest BCUT2D eigenvalue weighted by molar-refractivity contribution is 9.10. The number of halogens is 1. The summed E-state index contributed by atoms with van der Waals surface area (Å²) < 4.78 is 2.94. The maximum atomic E-state index is 9.87. The molecule has 0 bridgehead atoms. The van der Waals surface area contributed by atoms with E-state index in [1.54, 1.807) is 24.3 Å². The van der Waals surface area contributed by atoms with Crippen LogP contribution < -0.4 is 0 Å². The van der Waals surface area contributed by atoms with Gasteiger partial charge in [0.15, 0.2) is 0 Å². The van der Waals surface area contributed by atoms with Crippen molar-refractivity contribution in [1.82, 2.24) is 9.55 Å². The van der Waals surface area contributed by atoms with Crippen molar-refractivity contribution in [3.05, 3.63) is 47.5 Å². The first-order chi connectivity index (χ1) is 8.24. The van der Waals surface area contributed by atoms with E-state index in [4.69, 9.17) is 0 Å². The van der Waals surface area contributed by atoms with Crippen molar-refractivity contribution < 1.29 is 5.11 Å². The van der Waals surface area contributed by atoms with Gasteiger partial charge in [-0.3, -0.25) is 0 Å². The predicted octanol–water partition coefficient (Wildman–Crippen LogP) is 2.80. The van der Waals surface area contributed by atoms with Crippen LogP contribution in [-0.2, 0) is 6.54 Å². The van der Waals surface area contributed by atoms with Crippen LogP contribution in [0.3, 0.4) is 0 Å². The van der Waals surface area contributed by atoms with Crippen molar-refractivity contribution >= 4 is 27.7 Å². The lowest BCUT2D eigenvalue weighted by atomic mass is 10.4. The average Bonchev–Trinajstić information content (AvgIpc) is 2.79. The van der Waals surface area contributed by atoms with E-state index in [0.717, 1.165) is 9.37 Å². The molecule has 1 N–H and O–H groups in total. The van der Waals surface area contributed by atoms with E-state index in [0.29, 0.717) is 12.3 Å². The Morgan fingerprint density at radius 2 is 2.35 bits per heavy atom. The zero-order chi connectivity index (χ0) is 12.1. The second-order valence-electron chi connectivity index (χ2n) is 3.68. The largest absolute Gasteiger partial charge is 0.390 e. The Morgan fingerprint density at radius 1 is 1.47 bits per heavy atom. The zero-order valence-corrected chi connectivity index (χ0v) is 11.6. The van der Waals surface area contributed by atoms with E-state index in [-0.39, 0.29) is 6.10 Å². The van der Waals surface area contributed by atoms with Gasteiger partial charge in [-0.15, -0.1) is 11.8 Å². The molecule has 0 saturated heterocycles. The fraction of sp³-hybridized carbons (Fsp3) is 0.250. The number of rotatable bonds is 5. The highest BCUT2D eigenvalue weighted by atomic mass is 79.9. The molecule has 0 amide bonds. The minimum Gasteiger partial charge on any atom is -0.390 e. The van der Waals surface area contributed by atoms with Crippen LogP contribution in [0.5, 0.6) is 0 Å². The van der Waals surface area contributed by atoms with Gasteiger partial charge < -0.3 is 9.67 Å². The molecular formula is C12H13BrN2OS. The molecule has 0 aliphatic heterocycles. The van der Waals surface area contributed by atoms with Gasteiger partial charge in [-0.2, -0.15) is 0 Å². The maximum Gasteiger partial charge on any atom is 0.0946 e. The molecule has 1 atom stereocenters. The number of hydrogen-bond acceptors (Lipinski definition) is 3. The Hall–Kier alpha value is -0.780. The SMILES string of the molecule is OC(CSc1cccc(Br)c1)Cn1ccnc1. The molecule has 90 valence electrons. The molecule has 1 aromatic carbocycles. The number of hydrogen-bond donors (Lipinski definition) is 1. The Kier molecular flexibility index (Phi) is 4.65. The number of aliphatic hydroxyl groups excluding tert-OH is 1. The molecule has 0 fully saturated rings. The first-order valence-electron chi connectivity index (χ1n) is 5.26. The number of benzene rings is 1. The van der Waals surface area contributed by atoms with E-state index in [9.17, 15) is 5.11 Å². The topological polar surface area (TPSA) is 38.0 Å². The molecule has 2 aromatic rings. The summed E-state index contributed by atoms with van der Waals surface area (Å²) in [6.07, 6.45) is 4.92. The summed E-state index contributed by atoms with van der Waals surface area (Å²) in [5.41, 5.74) is 0. The molecule has 3 nitrogen and oxygen atoms in total. The predicted molar refractivity (Wildman–Crippen MR) is 73.1 cm³/mol. The van der Waals surface area contributed by atoms with Gasteiger partial charge in [0.1, 0.15) is 0 Å². The van der Waals surface area contributed by atoms with Gasteiger partial charge in [0.05, 0.1) is 19.0 Å². The third kappa shape index (κ3) is 4.18. The Balaban J connectivity index is 1.82. The van der Waals surface area contributed by atoms with Gasteiger partial charge in [0, 0.05) is 27.5 Å².